The van der Waals surface area contributed by atoms with E-state index < -0.39 is 14.1 Å². The number of para-hydroxylation sites is 2. The van der Waals surface area contributed by atoms with Gasteiger partial charge in [-0.25, -0.2) is 0 Å². The highest BCUT2D eigenvalue weighted by Gasteiger charge is 2.56. The van der Waals surface area contributed by atoms with E-state index in [-0.39, 0.29) is 17.0 Å². The molecule has 0 saturated heterocycles. The number of allylic oxidation sites excluding steroid dienone is 1. The van der Waals surface area contributed by atoms with Crippen LogP contribution in [0.5, 0.6) is 0 Å². The van der Waals surface area contributed by atoms with Gasteiger partial charge in [0.15, 0.2) is 0 Å². The van der Waals surface area contributed by atoms with Crippen molar-refractivity contribution in [3.05, 3.63) is 284 Å². The summed E-state index contributed by atoms with van der Waals surface area (Å²) in [4.78, 5) is 2.54. The van der Waals surface area contributed by atoms with Crippen molar-refractivity contribution in [2.24, 2.45) is 0 Å². The van der Waals surface area contributed by atoms with E-state index in [1.807, 2.05) is 0 Å². The Morgan fingerprint density at radius 1 is 0.328 bits per heavy atom. The molecule has 0 radical (unpaired) electrons. The van der Waals surface area contributed by atoms with Gasteiger partial charge in [0, 0.05) is 18.3 Å². The van der Waals surface area contributed by atoms with Crippen LogP contribution >= 0.6 is 14.1 Å². The second-order valence-corrected chi connectivity index (χ2v) is 21.7. The number of anilines is 2. The molecule has 1 nitrogen and oxygen atoms in total. The Labute approximate surface area is 372 Å². The van der Waals surface area contributed by atoms with E-state index >= 15 is 0 Å². The lowest BCUT2D eigenvalue weighted by atomic mass is 10.1. The molecule has 0 atom stereocenters. The first-order valence-electron chi connectivity index (χ1n) is 20.5. The third-order valence-electron chi connectivity index (χ3n) is 11.1. The minimum absolute atomic E-state index is 0. The summed E-state index contributed by atoms with van der Waals surface area (Å²) in [5.74, 6) is 0. The van der Waals surface area contributed by atoms with E-state index in [2.05, 4.69) is 284 Å². The van der Waals surface area contributed by atoms with Gasteiger partial charge < -0.3 is 21.9 Å². The smallest absolute Gasteiger partial charge is 0.147 e. The van der Waals surface area contributed by atoms with Gasteiger partial charge in [-0.3, -0.25) is 0 Å². The second-order valence-electron chi connectivity index (χ2n) is 14.6. The Balaban J connectivity index is 0.00000514. The summed E-state index contributed by atoms with van der Waals surface area (Å²) < 4.78 is 0. The van der Waals surface area contributed by atoms with E-state index in [4.69, 9.17) is 0 Å². The summed E-state index contributed by atoms with van der Waals surface area (Å²) in [6.45, 7) is -2.91. The van der Waals surface area contributed by atoms with Gasteiger partial charge in [-0.1, -0.05) is 212 Å². The van der Waals surface area contributed by atoms with Gasteiger partial charge in [-0.2, -0.15) is 0 Å². The number of hydrogen-bond donors (Lipinski definition) is 0. The Kier molecular flexibility index (Phi) is 13.2. The lowest BCUT2D eigenvalue weighted by Gasteiger charge is -2.42. The number of halogens is 1. The summed E-state index contributed by atoms with van der Waals surface area (Å²) in [5, 5.41) is 9.18. The molecule has 296 valence electrons. The van der Waals surface area contributed by atoms with Crippen molar-refractivity contribution in [1.29, 1.82) is 0 Å². The molecular formula is C57H46BrNP2. The third kappa shape index (κ3) is 8.04. The molecule has 0 saturated carbocycles. The Morgan fingerprint density at radius 2 is 0.590 bits per heavy atom. The Bertz CT molecular complexity index is 2580. The maximum atomic E-state index is 2.54. The van der Waals surface area contributed by atoms with Crippen LogP contribution in [-0.4, -0.2) is 5.03 Å². The molecule has 0 unspecified atom stereocenters. The molecule has 9 aromatic rings. The zero-order valence-electron chi connectivity index (χ0n) is 33.8. The zero-order valence-corrected chi connectivity index (χ0v) is 37.2. The van der Waals surface area contributed by atoms with Gasteiger partial charge in [0.1, 0.15) is 28.2 Å². The molecule has 0 aliphatic carbocycles. The van der Waals surface area contributed by atoms with Gasteiger partial charge in [0.25, 0.3) is 0 Å². The number of benzene rings is 9. The third-order valence-corrected chi connectivity index (χ3v) is 21.1. The van der Waals surface area contributed by atoms with Crippen molar-refractivity contribution in [3.63, 3.8) is 0 Å². The lowest BCUT2D eigenvalue weighted by molar-refractivity contribution is -0.0000112. The van der Waals surface area contributed by atoms with Crippen molar-refractivity contribution < 1.29 is 17.0 Å². The molecule has 9 rings (SSSR count). The second kappa shape index (κ2) is 19.4. The Morgan fingerprint density at radius 3 is 0.902 bits per heavy atom. The monoisotopic (exact) mass is 885 g/mol. The molecule has 4 heteroatoms. The molecule has 9 aromatic carbocycles. The minimum Gasteiger partial charge on any atom is -1.00 e. The van der Waals surface area contributed by atoms with Crippen LogP contribution in [-0.2, 0) is 0 Å². The summed E-state index contributed by atoms with van der Waals surface area (Å²) >= 11 is 0. The number of hydrogen-bond acceptors (Lipinski definition) is 1. The van der Waals surface area contributed by atoms with Crippen molar-refractivity contribution >= 4 is 68.5 Å². The summed E-state index contributed by atoms with van der Waals surface area (Å²) in [6, 6.07) is 101. The van der Waals surface area contributed by atoms with Crippen LogP contribution < -0.4 is 53.7 Å². The van der Waals surface area contributed by atoms with E-state index in [0.29, 0.717) is 0 Å². The summed E-state index contributed by atoms with van der Waals surface area (Å²) in [7, 11) is -2.91. The molecule has 0 aliphatic heterocycles. The standard InChI is InChI=1S/C57H46NP2.BrH/c1-10-28-47(29-11-1)46-56(58(48-30-12-2-13-31-48)49-32-14-3-15-33-49)57(59(50-34-16-4-17-35-50,51-36-18-5-19-37-51)52-38-20-6-21-39-52)60(53-40-22-7-23-41-53,54-42-24-8-25-43-54)55-44-26-9-27-45-55;/h1-46H;1H/q+1;/p-1/b56-46-;. The van der Waals surface area contributed by atoms with E-state index in [1.54, 1.807) is 0 Å². The van der Waals surface area contributed by atoms with Crippen molar-refractivity contribution in [3.8, 4) is 0 Å². The SMILES string of the molecule is C(=C(\C(=P(c1ccccc1)(c1ccccc1)c1ccccc1)[P+](c1ccccc1)(c1ccccc1)c1ccccc1)N(c1ccccc1)c1ccccc1)/c1ccccc1.[Br-]. The van der Waals surface area contributed by atoms with Crippen LogP contribution in [0, 0.1) is 0 Å². The fourth-order valence-corrected chi connectivity index (χ4v) is 20.5. The highest BCUT2D eigenvalue weighted by atomic mass is 79.9. The normalized spacial score (nSPS) is 11.6. The number of nitrogens with zero attached hydrogens (tertiary/aromatic N) is 1. The molecule has 0 spiro atoms. The van der Waals surface area contributed by atoms with Crippen LogP contribution in [0.4, 0.5) is 11.4 Å². The highest BCUT2D eigenvalue weighted by molar-refractivity contribution is 8.21. The fraction of sp³-hybridized carbons (Fsp3) is 0. The summed E-state index contributed by atoms with van der Waals surface area (Å²) in [5.41, 5.74) is 4.45. The first-order valence-corrected chi connectivity index (χ1v) is 24.1. The van der Waals surface area contributed by atoms with Crippen LogP contribution in [0.2, 0.25) is 0 Å². The maximum absolute atomic E-state index is 2.91. The largest absolute Gasteiger partial charge is 1.00 e. The van der Waals surface area contributed by atoms with E-state index in [1.165, 1.54) is 36.9 Å². The van der Waals surface area contributed by atoms with Gasteiger partial charge in [0.2, 0.25) is 0 Å². The van der Waals surface area contributed by atoms with Crippen molar-refractivity contribution in [1.82, 2.24) is 0 Å². The van der Waals surface area contributed by atoms with Crippen LogP contribution in [0.1, 0.15) is 5.56 Å². The fourth-order valence-electron chi connectivity index (χ4n) is 8.62. The highest BCUT2D eigenvalue weighted by Crippen LogP contribution is 2.68. The van der Waals surface area contributed by atoms with Crippen LogP contribution in [0.15, 0.2) is 279 Å². The molecule has 0 N–H and O–H groups in total. The molecular weight excluding hydrogens is 840 g/mol. The van der Waals surface area contributed by atoms with Crippen molar-refractivity contribution in [2.75, 3.05) is 4.90 Å². The molecule has 0 aliphatic rings. The van der Waals surface area contributed by atoms with E-state index in [0.717, 1.165) is 22.6 Å². The van der Waals surface area contributed by atoms with Gasteiger partial charge in [-0.05, 0) is 88.2 Å². The molecule has 0 fully saturated rings. The van der Waals surface area contributed by atoms with Crippen LogP contribution in [0.3, 0.4) is 0 Å². The topological polar surface area (TPSA) is 3.24 Å². The molecule has 0 amide bonds. The van der Waals surface area contributed by atoms with Gasteiger partial charge >= 0.3 is 0 Å². The average molecular weight is 887 g/mol. The molecule has 0 aromatic heterocycles. The van der Waals surface area contributed by atoms with E-state index in [9.17, 15) is 0 Å². The summed E-state index contributed by atoms with van der Waals surface area (Å²) in [6.07, 6.45) is 2.47. The zero-order chi connectivity index (χ0) is 40.5. The number of rotatable bonds is 12. The first-order chi connectivity index (χ1) is 29.8. The van der Waals surface area contributed by atoms with Gasteiger partial charge in [-0.15, -0.1) is 0 Å². The quantitative estimate of drug-likeness (QED) is 0.111. The Hall–Kier alpha value is -6.27. The predicted molar refractivity (Wildman–Crippen MR) is 265 cm³/mol. The minimum atomic E-state index is -2.91. The maximum Gasteiger partial charge on any atom is 0.147 e. The molecule has 0 bridgehead atoms. The average Bonchev–Trinajstić information content (AvgIpc) is 3.34. The van der Waals surface area contributed by atoms with Crippen LogP contribution in [0.25, 0.3) is 6.08 Å². The lowest BCUT2D eigenvalue weighted by Crippen LogP contribution is -3.00. The van der Waals surface area contributed by atoms with Gasteiger partial charge in [0.05, 0.1) is 5.70 Å². The van der Waals surface area contributed by atoms with Crippen molar-refractivity contribution in [2.45, 2.75) is 0 Å². The predicted octanol–water partition coefficient (Wildman–Crippen LogP) is 8.99. The first kappa shape index (κ1) is 41.5. The molecule has 61 heavy (non-hydrogen) atoms. The molecule has 0 heterocycles.